The number of benzene rings is 5. The average molecular weight is 487 g/mol. The van der Waals surface area contributed by atoms with Gasteiger partial charge in [-0.25, -0.2) is 0 Å². The lowest BCUT2D eigenvalue weighted by Gasteiger charge is -2.32. The first-order valence-electron chi connectivity index (χ1n) is 15.0. The van der Waals surface area contributed by atoms with Crippen LogP contribution in [0, 0.1) is 0 Å². The maximum absolute atomic E-state index is 8.62. The van der Waals surface area contributed by atoms with Crippen LogP contribution < -0.4 is 5.46 Å². The molecule has 37 heavy (non-hydrogen) atoms. The minimum Gasteiger partial charge on any atom is -0.399 e. The first kappa shape index (κ1) is 18.6. The van der Waals surface area contributed by atoms with Crippen LogP contribution in [-0.4, -0.2) is 18.3 Å². The molecule has 1 aliphatic rings. The second-order valence-corrected chi connectivity index (χ2v) is 10.6. The van der Waals surface area contributed by atoms with Gasteiger partial charge >= 0.3 is 7.12 Å². The lowest BCUT2D eigenvalue weighted by Crippen LogP contribution is -2.41. The Balaban J connectivity index is 1.51. The molecular formula is C34H31BO2. The number of hydrogen-bond donors (Lipinski definition) is 0. The molecule has 1 saturated heterocycles. The third kappa shape index (κ3) is 4.50. The van der Waals surface area contributed by atoms with Crippen molar-refractivity contribution in [1.29, 1.82) is 0 Å². The van der Waals surface area contributed by atoms with Gasteiger partial charge in [0.2, 0.25) is 0 Å². The summed E-state index contributed by atoms with van der Waals surface area (Å²) in [6, 6.07) is 26.9. The van der Waals surface area contributed by atoms with E-state index in [1.807, 2.05) is 70.2 Å². The summed E-state index contributed by atoms with van der Waals surface area (Å²) in [5.74, 6) is 0. The Morgan fingerprint density at radius 1 is 0.541 bits per heavy atom. The zero-order chi connectivity index (χ0) is 30.0. The van der Waals surface area contributed by atoms with Gasteiger partial charge in [0.15, 0.2) is 0 Å². The lowest BCUT2D eigenvalue weighted by molar-refractivity contribution is 0.00578. The van der Waals surface area contributed by atoms with E-state index in [4.69, 9.17) is 16.2 Å². The van der Waals surface area contributed by atoms with Crippen molar-refractivity contribution >= 4 is 23.4 Å². The largest absolute Gasteiger partial charge is 0.494 e. The van der Waals surface area contributed by atoms with E-state index in [1.165, 1.54) is 0 Å². The summed E-state index contributed by atoms with van der Waals surface area (Å²) in [6.45, 7) is 7.95. The molecule has 3 heteroatoms. The predicted octanol–water partition coefficient (Wildman–Crippen LogP) is 8.14. The zero-order valence-corrected chi connectivity index (χ0v) is 21.5. The molecule has 1 fully saturated rings. The summed E-state index contributed by atoms with van der Waals surface area (Å²) in [7, 11) is -0.688. The molecule has 0 atom stereocenters. The first-order chi connectivity index (χ1) is 19.9. The summed E-state index contributed by atoms with van der Waals surface area (Å²) in [6.07, 6.45) is 0. The zero-order valence-electron chi connectivity index (χ0n) is 26.5. The van der Waals surface area contributed by atoms with Crippen LogP contribution in [0.25, 0.3) is 44.2 Å². The maximum atomic E-state index is 8.62. The van der Waals surface area contributed by atoms with Gasteiger partial charge in [-0.05, 0) is 95.5 Å². The average Bonchev–Trinajstić information content (AvgIpc) is 3.21. The van der Waals surface area contributed by atoms with E-state index in [-0.39, 0.29) is 29.7 Å². The summed E-state index contributed by atoms with van der Waals surface area (Å²) in [4.78, 5) is 0. The molecule has 0 bridgehead atoms. The van der Waals surface area contributed by atoms with Gasteiger partial charge in [0, 0.05) is 0 Å². The maximum Gasteiger partial charge on any atom is 0.494 e. The van der Waals surface area contributed by atoms with Crippen molar-refractivity contribution in [2.75, 3.05) is 0 Å². The second-order valence-electron chi connectivity index (χ2n) is 10.6. The van der Waals surface area contributed by atoms with Crippen molar-refractivity contribution in [3.63, 3.8) is 0 Å². The molecule has 5 aromatic rings. The van der Waals surface area contributed by atoms with Crippen LogP contribution in [0.2, 0.25) is 0 Å². The smallest absolute Gasteiger partial charge is 0.399 e. The van der Waals surface area contributed by atoms with E-state index in [0.29, 0.717) is 11.0 Å². The summed E-state index contributed by atoms with van der Waals surface area (Å²) >= 11 is 0. The van der Waals surface area contributed by atoms with Crippen LogP contribution in [0.4, 0.5) is 0 Å². The molecule has 0 N–H and O–H groups in total. The van der Waals surface area contributed by atoms with Gasteiger partial charge in [0.05, 0.1) is 18.1 Å². The van der Waals surface area contributed by atoms with Gasteiger partial charge in [-0.3, -0.25) is 0 Å². The third-order valence-corrected chi connectivity index (χ3v) is 7.55. The molecule has 0 saturated carbocycles. The molecule has 182 valence electrons. The first-order valence-corrected chi connectivity index (χ1v) is 12.5. The molecule has 0 aromatic heterocycles. The van der Waals surface area contributed by atoms with Crippen LogP contribution in [0.3, 0.4) is 0 Å². The highest BCUT2D eigenvalue weighted by Gasteiger charge is 2.51. The van der Waals surface area contributed by atoms with Crippen molar-refractivity contribution in [1.82, 2.24) is 0 Å². The Bertz CT molecular complexity index is 1810. The van der Waals surface area contributed by atoms with E-state index in [1.54, 1.807) is 0 Å². The van der Waals surface area contributed by atoms with Crippen molar-refractivity contribution in [3.05, 3.63) is 115 Å². The fourth-order valence-electron chi connectivity index (χ4n) is 4.71. The van der Waals surface area contributed by atoms with Crippen molar-refractivity contribution in [3.8, 4) is 33.4 Å². The minimum atomic E-state index is -0.688. The fraction of sp³-hybridized carbons (Fsp3) is 0.176. The molecule has 6 rings (SSSR count). The van der Waals surface area contributed by atoms with E-state index in [9.17, 15) is 0 Å². The number of fused-ring (bicyclic) bond motifs is 1. The third-order valence-electron chi connectivity index (χ3n) is 7.55. The summed E-state index contributed by atoms with van der Waals surface area (Å²) in [5.41, 5.74) is 4.30. The quantitative estimate of drug-likeness (QED) is 0.238. The van der Waals surface area contributed by atoms with Crippen molar-refractivity contribution in [2.45, 2.75) is 38.9 Å². The number of rotatable bonds is 4. The molecule has 2 nitrogen and oxygen atoms in total. The van der Waals surface area contributed by atoms with Crippen LogP contribution in [0.5, 0.6) is 0 Å². The van der Waals surface area contributed by atoms with Crippen LogP contribution in [0.15, 0.2) is 115 Å². The van der Waals surface area contributed by atoms with Gasteiger partial charge < -0.3 is 9.31 Å². The summed E-state index contributed by atoms with van der Waals surface area (Å²) in [5, 5.41) is 2.17. The van der Waals surface area contributed by atoms with Gasteiger partial charge in [0.1, 0.15) is 0 Å². The van der Waals surface area contributed by atoms with Crippen LogP contribution in [0.1, 0.15) is 34.5 Å². The Labute approximate surface area is 227 Å². The predicted molar refractivity (Wildman–Crippen MR) is 156 cm³/mol. The van der Waals surface area contributed by atoms with Gasteiger partial charge in [-0.1, -0.05) is 96.9 Å². The fourth-order valence-corrected chi connectivity index (χ4v) is 4.71. The van der Waals surface area contributed by atoms with Crippen molar-refractivity contribution < 1.29 is 16.2 Å². The Morgan fingerprint density at radius 3 is 1.68 bits per heavy atom. The summed E-state index contributed by atoms with van der Waals surface area (Å²) < 4.78 is 54.5. The molecule has 0 unspecified atom stereocenters. The topological polar surface area (TPSA) is 18.5 Å². The molecule has 1 aliphatic heterocycles. The SMILES string of the molecule is [2H]c1c([2H])c([2H])c(-c2cc(B3OC(C)(C)C(C)(C)O3)cc(-c3ccc4cc(-c5ccccc5)ccc4c3)c2)c([2H])c1[2H]. The van der Waals surface area contributed by atoms with E-state index in [2.05, 4.69) is 42.5 Å². The second kappa shape index (κ2) is 9.02. The standard InChI is InChI=1S/C34H31BO2/c1-33(2)34(3,4)37-35(36-33)32-22-30(25-13-9-6-10-14-25)21-31(23-32)29-18-17-27-19-26(15-16-28(27)20-29)24-11-7-5-8-12-24/h5-23H,1-4H3/i6D,9D,10D,13D,14D. The molecular weight excluding hydrogens is 451 g/mol. The Morgan fingerprint density at radius 2 is 1.08 bits per heavy atom. The van der Waals surface area contributed by atoms with E-state index < -0.39 is 24.4 Å². The Hall–Kier alpha value is -3.66. The highest BCUT2D eigenvalue weighted by atomic mass is 16.7. The van der Waals surface area contributed by atoms with Gasteiger partial charge in [-0.2, -0.15) is 0 Å². The lowest BCUT2D eigenvalue weighted by atomic mass is 9.76. The monoisotopic (exact) mass is 487 g/mol. The van der Waals surface area contributed by atoms with E-state index >= 15 is 0 Å². The molecule has 0 spiro atoms. The highest BCUT2D eigenvalue weighted by Crippen LogP contribution is 2.37. The molecule has 0 radical (unpaired) electrons. The normalized spacial score (nSPS) is 18.2. The van der Waals surface area contributed by atoms with Crippen molar-refractivity contribution in [2.24, 2.45) is 0 Å². The van der Waals surface area contributed by atoms with E-state index in [0.717, 1.165) is 33.0 Å². The van der Waals surface area contributed by atoms with Crippen LogP contribution in [-0.2, 0) is 9.31 Å². The van der Waals surface area contributed by atoms with Gasteiger partial charge in [0.25, 0.3) is 0 Å². The Kier molecular flexibility index (Phi) is 4.53. The van der Waals surface area contributed by atoms with Gasteiger partial charge in [-0.15, -0.1) is 0 Å². The molecule has 5 aromatic carbocycles. The molecule has 1 heterocycles. The number of hydrogen-bond acceptors (Lipinski definition) is 2. The minimum absolute atomic E-state index is 0.147. The molecule has 0 amide bonds. The highest BCUT2D eigenvalue weighted by molar-refractivity contribution is 6.62. The van der Waals surface area contributed by atoms with Crippen LogP contribution >= 0.6 is 0 Å². The molecule has 0 aliphatic carbocycles.